The van der Waals surface area contributed by atoms with Gasteiger partial charge in [0.15, 0.2) is 0 Å². The molecule has 4 heterocycles. The number of aromatic hydroxyl groups is 2. The largest absolute Gasteiger partial charge is 0.494 e. The van der Waals surface area contributed by atoms with Crippen LogP contribution in [-0.4, -0.2) is 24.7 Å². The van der Waals surface area contributed by atoms with Crippen molar-refractivity contribution in [2.75, 3.05) is 0 Å². The smallest absolute Gasteiger partial charge is 0.232 e. The molecule has 2 atom stereocenters. The molecule has 0 aromatic carbocycles. The predicted octanol–water partition coefficient (Wildman–Crippen LogP) is 1.80. The molecule has 2 aromatic heterocycles. The highest BCUT2D eigenvalue weighted by atomic mass is 16.5. The SMILES string of the molecule is C[C@]12CC[C@](C)(O1)c1c2c(O)n(-c2cnc(C#N)nc2)c1O. The van der Waals surface area contributed by atoms with Crippen LogP contribution in [0.25, 0.3) is 5.69 Å². The van der Waals surface area contributed by atoms with Gasteiger partial charge < -0.3 is 14.9 Å². The molecule has 0 spiro atoms. The van der Waals surface area contributed by atoms with E-state index in [1.807, 2.05) is 19.9 Å². The maximum atomic E-state index is 10.6. The molecule has 2 aromatic rings. The van der Waals surface area contributed by atoms with Gasteiger partial charge in [-0.2, -0.15) is 5.26 Å². The topological polar surface area (TPSA) is 104 Å². The fourth-order valence-corrected chi connectivity index (χ4v) is 3.72. The Morgan fingerprint density at radius 2 is 1.64 bits per heavy atom. The van der Waals surface area contributed by atoms with Crippen molar-refractivity contribution in [1.29, 1.82) is 5.26 Å². The molecular formula is C15H14N4O3. The van der Waals surface area contributed by atoms with E-state index < -0.39 is 11.2 Å². The van der Waals surface area contributed by atoms with Crippen molar-refractivity contribution in [2.24, 2.45) is 0 Å². The van der Waals surface area contributed by atoms with Crippen LogP contribution in [0, 0.1) is 11.3 Å². The van der Waals surface area contributed by atoms with E-state index in [9.17, 15) is 10.2 Å². The predicted molar refractivity (Wildman–Crippen MR) is 74.4 cm³/mol. The van der Waals surface area contributed by atoms with E-state index in [2.05, 4.69) is 9.97 Å². The van der Waals surface area contributed by atoms with E-state index in [-0.39, 0.29) is 17.6 Å². The highest BCUT2D eigenvalue weighted by molar-refractivity contribution is 5.60. The summed E-state index contributed by atoms with van der Waals surface area (Å²) in [5, 5.41) is 30.0. The molecule has 0 radical (unpaired) electrons. The summed E-state index contributed by atoms with van der Waals surface area (Å²) in [6.45, 7) is 3.84. The molecule has 7 nitrogen and oxygen atoms in total. The second kappa shape index (κ2) is 3.78. The van der Waals surface area contributed by atoms with Crippen LogP contribution in [0.1, 0.15) is 43.6 Å². The van der Waals surface area contributed by atoms with Crippen molar-refractivity contribution in [3.63, 3.8) is 0 Å². The molecule has 4 rings (SSSR count). The van der Waals surface area contributed by atoms with E-state index in [1.165, 1.54) is 17.0 Å². The van der Waals surface area contributed by atoms with E-state index in [0.717, 1.165) is 12.8 Å². The van der Waals surface area contributed by atoms with E-state index >= 15 is 0 Å². The highest BCUT2D eigenvalue weighted by Crippen LogP contribution is 2.64. The number of fused-ring (bicyclic) bond motifs is 5. The van der Waals surface area contributed by atoms with Crippen molar-refractivity contribution >= 4 is 0 Å². The number of nitriles is 1. The van der Waals surface area contributed by atoms with Gasteiger partial charge in [-0.25, -0.2) is 14.5 Å². The van der Waals surface area contributed by atoms with Crippen LogP contribution in [0.3, 0.4) is 0 Å². The highest BCUT2D eigenvalue weighted by Gasteiger charge is 2.59. The van der Waals surface area contributed by atoms with Gasteiger partial charge in [-0.05, 0) is 26.7 Å². The second-order valence-electron chi connectivity index (χ2n) is 6.17. The third kappa shape index (κ3) is 1.37. The number of hydrogen-bond acceptors (Lipinski definition) is 6. The minimum atomic E-state index is -0.593. The quantitative estimate of drug-likeness (QED) is 0.832. The molecule has 7 heteroatoms. The number of aromatic nitrogens is 3. The third-order valence-corrected chi connectivity index (χ3v) is 4.70. The first-order valence-corrected chi connectivity index (χ1v) is 7.00. The summed E-state index contributed by atoms with van der Waals surface area (Å²) in [4.78, 5) is 7.76. The van der Waals surface area contributed by atoms with Crippen molar-refractivity contribution < 1.29 is 14.9 Å². The summed E-state index contributed by atoms with van der Waals surface area (Å²) in [5.41, 5.74) is 0.468. The molecule has 0 amide bonds. The van der Waals surface area contributed by atoms with Crippen molar-refractivity contribution in [3.8, 4) is 23.5 Å². The maximum Gasteiger partial charge on any atom is 0.232 e. The molecule has 112 valence electrons. The van der Waals surface area contributed by atoms with Gasteiger partial charge in [0.2, 0.25) is 17.6 Å². The van der Waals surface area contributed by atoms with Gasteiger partial charge in [-0.3, -0.25) is 0 Å². The maximum absolute atomic E-state index is 10.6. The Kier molecular flexibility index (Phi) is 2.25. The Morgan fingerprint density at radius 3 is 2.09 bits per heavy atom. The van der Waals surface area contributed by atoms with E-state index in [1.54, 1.807) is 0 Å². The van der Waals surface area contributed by atoms with Crippen LogP contribution >= 0.6 is 0 Å². The van der Waals surface area contributed by atoms with Crippen LogP contribution in [-0.2, 0) is 15.9 Å². The number of hydrogen-bond donors (Lipinski definition) is 2. The molecule has 22 heavy (non-hydrogen) atoms. The zero-order valence-electron chi connectivity index (χ0n) is 12.2. The van der Waals surface area contributed by atoms with Crippen LogP contribution in [0.4, 0.5) is 0 Å². The van der Waals surface area contributed by atoms with Crippen LogP contribution in [0.2, 0.25) is 0 Å². The Hall–Kier alpha value is -2.59. The average molecular weight is 298 g/mol. The Bertz CT molecular complexity index is 796. The Labute approximate surface area is 126 Å². The average Bonchev–Trinajstić information content (AvgIpc) is 3.04. The lowest BCUT2D eigenvalue weighted by Gasteiger charge is -2.20. The van der Waals surface area contributed by atoms with Crippen molar-refractivity contribution in [1.82, 2.24) is 14.5 Å². The molecule has 0 unspecified atom stereocenters. The summed E-state index contributed by atoms with van der Waals surface area (Å²) in [6, 6.07) is 1.83. The normalized spacial score (nSPS) is 28.6. The summed E-state index contributed by atoms with van der Waals surface area (Å²) < 4.78 is 7.34. The first kappa shape index (κ1) is 13.1. The van der Waals surface area contributed by atoms with Crippen LogP contribution in [0.5, 0.6) is 11.8 Å². The van der Waals surface area contributed by atoms with Gasteiger partial charge in [0.1, 0.15) is 6.07 Å². The zero-order valence-corrected chi connectivity index (χ0v) is 12.2. The lowest BCUT2D eigenvalue weighted by Crippen LogP contribution is -2.17. The van der Waals surface area contributed by atoms with Gasteiger partial charge in [0, 0.05) is 0 Å². The molecule has 2 N–H and O–H groups in total. The number of rotatable bonds is 1. The molecule has 1 saturated heterocycles. The summed E-state index contributed by atoms with van der Waals surface area (Å²) in [5.74, 6) is -0.0942. The summed E-state index contributed by atoms with van der Waals surface area (Å²) >= 11 is 0. The van der Waals surface area contributed by atoms with Gasteiger partial charge in [0.25, 0.3) is 0 Å². The van der Waals surface area contributed by atoms with Crippen LogP contribution in [0.15, 0.2) is 12.4 Å². The van der Waals surface area contributed by atoms with Crippen molar-refractivity contribution in [3.05, 3.63) is 29.3 Å². The standard InChI is InChI=1S/C15H14N4O3/c1-14-3-4-15(2,22-14)11-10(14)12(20)19(13(11)21)8-6-17-9(5-16)18-7-8/h6-7,20-21H,3-4H2,1-2H3/t14-,15+. The minimum Gasteiger partial charge on any atom is -0.494 e. The van der Waals surface area contributed by atoms with Crippen LogP contribution < -0.4 is 0 Å². The first-order chi connectivity index (χ1) is 10.4. The fraction of sp³-hybridized carbons (Fsp3) is 0.400. The molecule has 2 aliphatic rings. The molecular weight excluding hydrogens is 284 g/mol. The summed E-state index contributed by atoms with van der Waals surface area (Å²) in [6.07, 6.45) is 4.37. The minimum absolute atomic E-state index is 0.0322. The zero-order chi connectivity index (χ0) is 15.7. The molecule has 0 saturated carbocycles. The number of nitrogens with zero attached hydrogens (tertiary/aromatic N) is 4. The third-order valence-electron chi connectivity index (χ3n) is 4.70. The van der Waals surface area contributed by atoms with E-state index in [0.29, 0.717) is 16.8 Å². The van der Waals surface area contributed by atoms with Gasteiger partial charge in [-0.1, -0.05) is 0 Å². The molecule has 2 bridgehead atoms. The van der Waals surface area contributed by atoms with Gasteiger partial charge in [-0.15, -0.1) is 0 Å². The lowest BCUT2D eigenvalue weighted by molar-refractivity contribution is -0.0683. The van der Waals surface area contributed by atoms with Gasteiger partial charge in [0.05, 0.1) is 40.4 Å². The lowest BCUT2D eigenvalue weighted by atomic mass is 9.80. The van der Waals surface area contributed by atoms with E-state index in [4.69, 9.17) is 10.00 Å². The fourth-order valence-electron chi connectivity index (χ4n) is 3.72. The monoisotopic (exact) mass is 298 g/mol. The molecule has 1 fully saturated rings. The van der Waals surface area contributed by atoms with Gasteiger partial charge >= 0.3 is 0 Å². The Morgan fingerprint density at radius 1 is 1.14 bits per heavy atom. The second-order valence-corrected chi connectivity index (χ2v) is 6.17. The number of ether oxygens (including phenoxy) is 1. The first-order valence-electron chi connectivity index (χ1n) is 7.00. The van der Waals surface area contributed by atoms with Crippen molar-refractivity contribution in [2.45, 2.75) is 37.9 Å². The Balaban J connectivity index is 1.96. The summed E-state index contributed by atoms with van der Waals surface area (Å²) in [7, 11) is 0. The molecule has 2 aliphatic heterocycles. The molecule has 0 aliphatic carbocycles.